The second kappa shape index (κ2) is 10.2. The van der Waals surface area contributed by atoms with Crippen LogP contribution >= 0.6 is 0 Å². The number of nitrogens with zero attached hydrogens (tertiary/aromatic N) is 3. The summed E-state index contributed by atoms with van der Waals surface area (Å²) in [4.78, 5) is 23.7. The van der Waals surface area contributed by atoms with E-state index >= 15 is 0 Å². The second-order valence-electron chi connectivity index (χ2n) is 9.50. The van der Waals surface area contributed by atoms with Crippen molar-refractivity contribution in [2.45, 2.75) is 50.6 Å². The number of amides is 1. The van der Waals surface area contributed by atoms with E-state index in [0.29, 0.717) is 24.3 Å². The molecule has 0 bridgehead atoms. The number of aromatic nitrogens is 2. The van der Waals surface area contributed by atoms with E-state index in [0.717, 1.165) is 35.3 Å². The van der Waals surface area contributed by atoms with Crippen LogP contribution in [0.5, 0.6) is 0 Å². The van der Waals surface area contributed by atoms with Crippen molar-refractivity contribution >= 4 is 15.7 Å². The van der Waals surface area contributed by atoms with Crippen LogP contribution in [0.3, 0.4) is 0 Å². The minimum Gasteiger partial charge on any atom is -0.348 e. The maximum absolute atomic E-state index is 12.9. The van der Waals surface area contributed by atoms with Gasteiger partial charge in [0.25, 0.3) is 5.91 Å². The Labute approximate surface area is 213 Å². The van der Waals surface area contributed by atoms with Crippen LogP contribution in [-0.2, 0) is 35.6 Å². The lowest BCUT2D eigenvalue weighted by Crippen LogP contribution is -2.26. The number of rotatable bonds is 7. The lowest BCUT2D eigenvalue weighted by molar-refractivity contribution is -0.137. The van der Waals surface area contributed by atoms with Gasteiger partial charge in [-0.2, -0.15) is 13.2 Å². The van der Waals surface area contributed by atoms with E-state index in [-0.39, 0.29) is 29.3 Å². The van der Waals surface area contributed by atoms with Crippen LogP contribution in [0.4, 0.5) is 13.2 Å². The SMILES string of the molecule is CC(C)C1c2ncc(C(=O)NCc3ccc(S(C)(=O)=O)cc3)cc2CN1Cc1ccc(C(F)(F)F)cn1. The molecule has 0 aliphatic carbocycles. The van der Waals surface area contributed by atoms with E-state index in [9.17, 15) is 26.4 Å². The van der Waals surface area contributed by atoms with E-state index in [2.05, 4.69) is 20.2 Å². The van der Waals surface area contributed by atoms with Crippen molar-refractivity contribution in [2.75, 3.05) is 6.26 Å². The molecule has 1 aliphatic heterocycles. The van der Waals surface area contributed by atoms with Crippen molar-refractivity contribution in [1.82, 2.24) is 20.2 Å². The molecule has 1 amide bonds. The van der Waals surface area contributed by atoms with Gasteiger partial charge >= 0.3 is 6.18 Å². The Morgan fingerprint density at radius 3 is 2.38 bits per heavy atom. The Balaban J connectivity index is 1.45. The average molecular weight is 533 g/mol. The number of alkyl halides is 3. The largest absolute Gasteiger partial charge is 0.417 e. The molecule has 1 aliphatic rings. The van der Waals surface area contributed by atoms with E-state index in [1.807, 2.05) is 13.8 Å². The van der Waals surface area contributed by atoms with Crippen LogP contribution in [0.25, 0.3) is 0 Å². The van der Waals surface area contributed by atoms with Gasteiger partial charge in [0.05, 0.1) is 33.5 Å². The number of benzene rings is 1. The summed E-state index contributed by atoms with van der Waals surface area (Å²) in [5.74, 6) is -0.135. The van der Waals surface area contributed by atoms with E-state index in [1.54, 1.807) is 18.2 Å². The third-order valence-corrected chi connectivity index (χ3v) is 7.39. The molecule has 1 N–H and O–H groups in total. The minimum atomic E-state index is -4.43. The number of pyridine rings is 2. The first-order valence-corrected chi connectivity index (χ1v) is 13.5. The van der Waals surface area contributed by atoms with Crippen LogP contribution in [0.2, 0.25) is 0 Å². The molecule has 2 aromatic heterocycles. The van der Waals surface area contributed by atoms with E-state index in [1.165, 1.54) is 24.4 Å². The van der Waals surface area contributed by atoms with Crippen LogP contribution in [0.15, 0.2) is 59.8 Å². The molecule has 0 spiro atoms. The maximum Gasteiger partial charge on any atom is 0.417 e. The first kappa shape index (κ1) is 26.7. The molecular formula is C26H27F3N4O3S. The van der Waals surface area contributed by atoms with Crippen molar-refractivity contribution in [1.29, 1.82) is 0 Å². The Morgan fingerprint density at radius 1 is 1.11 bits per heavy atom. The highest BCUT2D eigenvalue weighted by Gasteiger charge is 2.35. The van der Waals surface area contributed by atoms with Crippen LogP contribution in [0.1, 0.15) is 58.3 Å². The number of carbonyl (C=O) groups is 1. The van der Waals surface area contributed by atoms with Crippen LogP contribution in [-0.4, -0.2) is 35.4 Å². The zero-order chi connectivity index (χ0) is 27.0. The number of hydrogen-bond acceptors (Lipinski definition) is 6. The van der Waals surface area contributed by atoms with Gasteiger partial charge in [-0.1, -0.05) is 26.0 Å². The standard InChI is InChI=1S/C26H27F3N4O3S/c1-16(2)24-23-19(14-33(24)15-21-7-6-20(13-30-21)26(27,28)29)10-18(12-31-23)25(34)32-11-17-4-8-22(9-5-17)37(3,35)36/h4-10,12-13,16,24H,11,14-15H2,1-3H3,(H,32,34). The molecule has 1 atom stereocenters. The highest BCUT2D eigenvalue weighted by molar-refractivity contribution is 7.90. The molecule has 1 aromatic carbocycles. The number of fused-ring (bicyclic) bond motifs is 1. The summed E-state index contributed by atoms with van der Waals surface area (Å²) in [5.41, 5.74) is 2.61. The van der Waals surface area contributed by atoms with Crippen molar-refractivity contribution in [3.05, 3.63) is 88.5 Å². The molecule has 0 saturated carbocycles. The third-order valence-electron chi connectivity index (χ3n) is 6.26. The van der Waals surface area contributed by atoms with Gasteiger partial charge in [-0.25, -0.2) is 8.42 Å². The van der Waals surface area contributed by atoms with Gasteiger partial charge < -0.3 is 5.32 Å². The Hall–Kier alpha value is -3.31. The smallest absolute Gasteiger partial charge is 0.348 e. The van der Waals surface area contributed by atoms with Crippen molar-refractivity contribution < 1.29 is 26.4 Å². The first-order chi connectivity index (χ1) is 17.3. The normalized spacial score (nSPS) is 16.1. The summed E-state index contributed by atoms with van der Waals surface area (Å²) < 4.78 is 61.8. The van der Waals surface area contributed by atoms with Crippen molar-refractivity contribution in [3.8, 4) is 0 Å². The predicted octanol–water partition coefficient (Wildman–Crippen LogP) is 4.54. The quantitative estimate of drug-likeness (QED) is 0.480. The molecule has 3 heterocycles. The molecule has 0 radical (unpaired) electrons. The summed E-state index contributed by atoms with van der Waals surface area (Å²) >= 11 is 0. The second-order valence-corrected chi connectivity index (χ2v) is 11.5. The summed E-state index contributed by atoms with van der Waals surface area (Å²) in [6.45, 7) is 5.15. The van der Waals surface area contributed by atoms with E-state index in [4.69, 9.17) is 0 Å². The molecule has 0 fully saturated rings. The lowest BCUT2D eigenvalue weighted by Gasteiger charge is -2.27. The first-order valence-electron chi connectivity index (χ1n) is 11.6. The third kappa shape index (κ3) is 6.16. The molecule has 3 aromatic rings. The van der Waals surface area contributed by atoms with Gasteiger partial charge in [0.15, 0.2) is 9.84 Å². The summed E-state index contributed by atoms with van der Waals surface area (Å²) in [5, 5.41) is 2.82. The molecule has 7 nitrogen and oxygen atoms in total. The van der Waals surface area contributed by atoms with Crippen molar-refractivity contribution in [2.24, 2.45) is 5.92 Å². The topological polar surface area (TPSA) is 92.3 Å². The maximum atomic E-state index is 12.9. The number of hydrogen-bond donors (Lipinski definition) is 1. The minimum absolute atomic E-state index is 0.0652. The zero-order valence-electron chi connectivity index (χ0n) is 20.6. The van der Waals surface area contributed by atoms with Gasteiger partial charge in [-0.15, -0.1) is 0 Å². The zero-order valence-corrected chi connectivity index (χ0v) is 21.4. The lowest BCUT2D eigenvalue weighted by atomic mass is 9.99. The molecule has 196 valence electrons. The van der Waals surface area contributed by atoms with E-state index < -0.39 is 21.6 Å². The van der Waals surface area contributed by atoms with Gasteiger partial charge in [0.2, 0.25) is 0 Å². The number of sulfone groups is 1. The fourth-order valence-corrected chi connectivity index (χ4v) is 5.08. The van der Waals surface area contributed by atoms with Gasteiger partial charge in [-0.05, 0) is 47.4 Å². The molecule has 1 unspecified atom stereocenters. The Morgan fingerprint density at radius 2 is 1.81 bits per heavy atom. The Bertz CT molecular complexity index is 1390. The van der Waals surface area contributed by atoms with Gasteiger partial charge in [-0.3, -0.25) is 19.7 Å². The molecular weight excluding hydrogens is 505 g/mol. The predicted molar refractivity (Wildman–Crippen MR) is 131 cm³/mol. The molecule has 11 heteroatoms. The van der Waals surface area contributed by atoms with Gasteiger partial charge in [0.1, 0.15) is 0 Å². The number of carbonyl (C=O) groups excluding carboxylic acids is 1. The highest BCUT2D eigenvalue weighted by Crippen LogP contribution is 2.38. The number of nitrogens with one attached hydrogen (secondary N) is 1. The fraction of sp³-hybridized carbons (Fsp3) is 0.346. The van der Waals surface area contributed by atoms with Gasteiger partial charge in [0, 0.05) is 38.3 Å². The molecule has 0 saturated heterocycles. The summed E-state index contributed by atoms with van der Waals surface area (Å²) in [6.07, 6.45) is -0.930. The summed E-state index contributed by atoms with van der Waals surface area (Å²) in [7, 11) is -3.29. The highest BCUT2D eigenvalue weighted by atomic mass is 32.2. The monoisotopic (exact) mass is 532 g/mol. The average Bonchev–Trinajstić information content (AvgIpc) is 3.19. The molecule has 4 rings (SSSR count). The van der Waals surface area contributed by atoms with Crippen molar-refractivity contribution in [3.63, 3.8) is 0 Å². The molecule has 37 heavy (non-hydrogen) atoms. The Kier molecular flexibility index (Phi) is 7.38. The number of halogens is 3. The fourth-order valence-electron chi connectivity index (χ4n) is 4.45. The van der Waals surface area contributed by atoms with Crippen LogP contribution in [0, 0.1) is 5.92 Å². The summed E-state index contributed by atoms with van der Waals surface area (Å²) in [6, 6.07) is 10.4. The van der Waals surface area contributed by atoms with Crippen LogP contribution < -0.4 is 5.32 Å².